The molecule has 0 saturated carbocycles. The summed E-state index contributed by atoms with van der Waals surface area (Å²) in [6, 6.07) is 5.62. The average molecular weight is 414 g/mol. The van der Waals surface area contributed by atoms with Gasteiger partial charge >= 0.3 is 0 Å². The highest BCUT2D eigenvalue weighted by atomic mass is 35.5. The topological polar surface area (TPSA) is 75.9 Å². The second-order valence-corrected chi connectivity index (χ2v) is 7.34. The lowest BCUT2D eigenvalue weighted by atomic mass is 9.91. The van der Waals surface area contributed by atoms with Crippen molar-refractivity contribution in [3.63, 3.8) is 0 Å². The van der Waals surface area contributed by atoms with Crippen LogP contribution in [-0.2, 0) is 20.7 Å². The number of ether oxygens (including phenoxy) is 1. The molecule has 8 heteroatoms. The summed E-state index contributed by atoms with van der Waals surface area (Å²) >= 11 is 0. The molecule has 28 heavy (non-hydrogen) atoms. The Balaban J connectivity index is 0.00000280. The van der Waals surface area contributed by atoms with Crippen molar-refractivity contribution in [1.82, 2.24) is 9.80 Å². The van der Waals surface area contributed by atoms with Crippen molar-refractivity contribution < 1.29 is 18.7 Å². The molecule has 2 N–H and O–H groups in total. The molecule has 1 aromatic rings. The Bertz CT molecular complexity index is 670. The number of hydrogen-bond donors (Lipinski definition) is 1. The third kappa shape index (κ3) is 5.90. The molecule has 0 spiro atoms. The fourth-order valence-electron chi connectivity index (χ4n) is 3.81. The number of carbonyl (C=O) groups excluding carboxylic acids is 2. The van der Waals surface area contributed by atoms with E-state index in [4.69, 9.17) is 10.5 Å². The Hall–Kier alpha value is -1.70. The van der Waals surface area contributed by atoms with Crippen LogP contribution in [0.15, 0.2) is 24.3 Å². The fourth-order valence-corrected chi connectivity index (χ4v) is 3.81. The van der Waals surface area contributed by atoms with Crippen LogP contribution >= 0.6 is 12.4 Å². The molecule has 156 valence electrons. The molecule has 0 aromatic heterocycles. The molecular formula is C20H29ClFN3O3. The van der Waals surface area contributed by atoms with Gasteiger partial charge in [-0.3, -0.25) is 9.59 Å². The van der Waals surface area contributed by atoms with E-state index in [2.05, 4.69) is 0 Å². The van der Waals surface area contributed by atoms with Crippen molar-refractivity contribution >= 4 is 24.2 Å². The monoisotopic (exact) mass is 413 g/mol. The second-order valence-electron chi connectivity index (χ2n) is 7.34. The van der Waals surface area contributed by atoms with E-state index in [0.717, 1.165) is 19.3 Å². The first-order chi connectivity index (χ1) is 13.0. The van der Waals surface area contributed by atoms with E-state index < -0.39 is 6.04 Å². The molecule has 0 radical (unpaired) electrons. The van der Waals surface area contributed by atoms with Gasteiger partial charge in [0.15, 0.2) is 0 Å². The SMILES string of the molecule is Cl.NC(C(=O)N1CCCN(C(=O)Cc2cccc(F)c2)CC1)C1CCOCC1. The van der Waals surface area contributed by atoms with Gasteiger partial charge in [0.25, 0.3) is 0 Å². The Labute approximate surface area is 171 Å². The van der Waals surface area contributed by atoms with E-state index in [9.17, 15) is 14.0 Å². The van der Waals surface area contributed by atoms with E-state index in [1.54, 1.807) is 21.9 Å². The van der Waals surface area contributed by atoms with E-state index in [1.165, 1.54) is 12.1 Å². The molecule has 2 aliphatic heterocycles. The zero-order chi connectivity index (χ0) is 19.2. The zero-order valence-electron chi connectivity index (χ0n) is 16.0. The summed E-state index contributed by atoms with van der Waals surface area (Å²) in [6.07, 6.45) is 2.53. The minimum absolute atomic E-state index is 0. The van der Waals surface area contributed by atoms with Crippen molar-refractivity contribution in [2.24, 2.45) is 11.7 Å². The number of rotatable bonds is 4. The van der Waals surface area contributed by atoms with Gasteiger partial charge in [-0.1, -0.05) is 12.1 Å². The molecule has 2 amide bonds. The summed E-state index contributed by atoms with van der Waals surface area (Å²) in [4.78, 5) is 28.9. The van der Waals surface area contributed by atoms with Crippen molar-refractivity contribution in [2.75, 3.05) is 39.4 Å². The quantitative estimate of drug-likeness (QED) is 0.813. The van der Waals surface area contributed by atoms with Gasteiger partial charge in [0.2, 0.25) is 11.8 Å². The summed E-state index contributed by atoms with van der Waals surface area (Å²) in [5, 5.41) is 0. The summed E-state index contributed by atoms with van der Waals surface area (Å²) < 4.78 is 18.6. The van der Waals surface area contributed by atoms with Crippen LogP contribution in [0.1, 0.15) is 24.8 Å². The first-order valence-corrected chi connectivity index (χ1v) is 9.69. The predicted octanol–water partition coefficient (Wildman–Crippen LogP) is 1.60. The highest BCUT2D eigenvalue weighted by Gasteiger charge is 2.31. The van der Waals surface area contributed by atoms with Gasteiger partial charge in [0.1, 0.15) is 5.82 Å². The summed E-state index contributed by atoms with van der Waals surface area (Å²) in [7, 11) is 0. The van der Waals surface area contributed by atoms with E-state index in [1.807, 2.05) is 0 Å². The number of halogens is 2. The van der Waals surface area contributed by atoms with Crippen LogP contribution < -0.4 is 5.73 Å². The number of nitrogens with two attached hydrogens (primary N) is 1. The largest absolute Gasteiger partial charge is 0.381 e. The molecule has 6 nitrogen and oxygen atoms in total. The summed E-state index contributed by atoms with van der Waals surface area (Å²) in [5.41, 5.74) is 6.89. The molecule has 2 fully saturated rings. The predicted molar refractivity (Wildman–Crippen MR) is 107 cm³/mol. The van der Waals surface area contributed by atoms with E-state index in [-0.39, 0.29) is 42.4 Å². The smallest absolute Gasteiger partial charge is 0.239 e. The summed E-state index contributed by atoms with van der Waals surface area (Å²) in [5.74, 6) is -0.236. The highest BCUT2D eigenvalue weighted by molar-refractivity contribution is 5.85. The Morgan fingerprint density at radius 3 is 2.54 bits per heavy atom. The van der Waals surface area contributed by atoms with Crippen molar-refractivity contribution in [3.05, 3.63) is 35.6 Å². The number of benzene rings is 1. The lowest BCUT2D eigenvalue weighted by Crippen LogP contribution is -2.50. The van der Waals surface area contributed by atoms with Gasteiger partial charge in [0.05, 0.1) is 12.5 Å². The van der Waals surface area contributed by atoms with Crippen LogP contribution in [0, 0.1) is 11.7 Å². The van der Waals surface area contributed by atoms with Crippen molar-refractivity contribution in [3.8, 4) is 0 Å². The molecule has 0 aliphatic carbocycles. The minimum atomic E-state index is -0.497. The third-order valence-electron chi connectivity index (χ3n) is 5.46. The maximum Gasteiger partial charge on any atom is 0.239 e. The number of hydrogen-bond acceptors (Lipinski definition) is 4. The van der Waals surface area contributed by atoms with Crippen LogP contribution in [-0.4, -0.2) is 67.0 Å². The molecule has 1 aromatic carbocycles. The molecule has 2 heterocycles. The minimum Gasteiger partial charge on any atom is -0.381 e. The molecule has 0 bridgehead atoms. The van der Waals surface area contributed by atoms with Gasteiger partial charge in [-0.05, 0) is 42.9 Å². The summed E-state index contributed by atoms with van der Waals surface area (Å²) in [6.45, 7) is 3.51. The average Bonchev–Trinajstić information content (AvgIpc) is 2.94. The van der Waals surface area contributed by atoms with Crippen LogP contribution in [0.3, 0.4) is 0 Å². The molecule has 1 unspecified atom stereocenters. The van der Waals surface area contributed by atoms with Crippen molar-refractivity contribution in [1.29, 1.82) is 0 Å². The maximum atomic E-state index is 13.3. The first kappa shape index (κ1) is 22.6. The first-order valence-electron chi connectivity index (χ1n) is 9.69. The normalized spacial score (nSPS) is 19.5. The molecule has 2 aliphatic rings. The lowest BCUT2D eigenvalue weighted by molar-refractivity contribution is -0.135. The maximum absolute atomic E-state index is 13.3. The number of amides is 2. The van der Waals surface area contributed by atoms with Gasteiger partial charge in [-0.15, -0.1) is 12.4 Å². The fraction of sp³-hybridized carbons (Fsp3) is 0.600. The standard InChI is InChI=1S/C20H28FN3O3.ClH/c21-17-4-1-3-15(13-17)14-18(25)23-7-2-8-24(10-9-23)20(26)19(22)16-5-11-27-12-6-16;/h1,3-4,13,16,19H,2,5-12,14,22H2;1H. The van der Waals surface area contributed by atoms with Crippen LogP contribution in [0.2, 0.25) is 0 Å². The van der Waals surface area contributed by atoms with E-state index in [0.29, 0.717) is 45.0 Å². The number of nitrogens with zero attached hydrogens (tertiary/aromatic N) is 2. The van der Waals surface area contributed by atoms with Crippen LogP contribution in [0.25, 0.3) is 0 Å². The van der Waals surface area contributed by atoms with Gasteiger partial charge in [-0.2, -0.15) is 0 Å². The number of carbonyl (C=O) groups is 2. The van der Waals surface area contributed by atoms with Crippen LogP contribution in [0.5, 0.6) is 0 Å². The molecule has 2 saturated heterocycles. The van der Waals surface area contributed by atoms with Gasteiger partial charge < -0.3 is 20.3 Å². The molecular weight excluding hydrogens is 385 g/mol. The van der Waals surface area contributed by atoms with Gasteiger partial charge in [-0.25, -0.2) is 4.39 Å². The van der Waals surface area contributed by atoms with E-state index >= 15 is 0 Å². The molecule has 3 rings (SSSR count). The lowest BCUT2D eigenvalue weighted by Gasteiger charge is -2.31. The molecule has 1 atom stereocenters. The van der Waals surface area contributed by atoms with Crippen LogP contribution in [0.4, 0.5) is 4.39 Å². The Morgan fingerprint density at radius 2 is 1.82 bits per heavy atom. The van der Waals surface area contributed by atoms with Gasteiger partial charge in [0, 0.05) is 39.4 Å². The third-order valence-corrected chi connectivity index (χ3v) is 5.46. The second kappa shape index (κ2) is 10.7. The Morgan fingerprint density at radius 1 is 1.14 bits per heavy atom. The Kier molecular flexibility index (Phi) is 8.66. The highest BCUT2D eigenvalue weighted by Crippen LogP contribution is 2.19. The van der Waals surface area contributed by atoms with Crippen molar-refractivity contribution in [2.45, 2.75) is 31.7 Å². The zero-order valence-corrected chi connectivity index (χ0v) is 16.8.